The highest BCUT2D eigenvalue weighted by molar-refractivity contribution is 4.99. The first-order valence-corrected chi connectivity index (χ1v) is 4.79. The molecule has 1 aliphatic carbocycles. The Morgan fingerprint density at radius 1 is 1.36 bits per heavy atom. The van der Waals surface area contributed by atoms with Crippen molar-refractivity contribution in [1.82, 2.24) is 4.90 Å². The van der Waals surface area contributed by atoms with Gasteiger partial charge in [-0.05, 0) is 31.2 Å². The Kier molecular flexibility index (Phi) is 1.90. The first-order valence-electron chi connectivity index (χ1n) is 4.79. The summed E-state index contributed by atoms with van der Waals surface area (Å²) in [7, 11) is 0. The van der Waals surface area contributed by atoms with Crippen LogP contribution in [0, 0.1) is 11.8 Å². The van der Waals surface area contributed by atoms with Crippen LogP contribution in [0.15, 0.2) is 0 Å². The fourth-order valence-electron chi connectivity index (χ4n) is 2.52. The van der Waals surface area contributed by atoms with Gasteiger partial charge in [-0.25, -0.2) is 0 Å². The molecular weight excluding hydrogens is 136 g/mol. The number of hydrogen-bond acceptors (Lipinski definition) is 2. The highest BCUT2D eigenvalue weighted by Crippen LogP contribution is 2.38. The van der Waals surface area contributed by atoms with Crippen molar-refractivity contribution in [2.75, 3.05) is 19.6 Å². The SMILES string of the molecule is CCCN1C[C@@H]2C[C@@H](C1)C2N. The fraction of sp³-hybridized carbons (Fsp3) is 1.00. The van der Waals surface area contributed by atoms with E-state index in [1.807, 2.05) is 0 Å². The van der Waals surface area contributed by atoms with Crippen molar-refractivity contribution in [2.24, 2.45) is 17.6 Å². The Hall–Kier alpha value is -0.0800. The average Bonchev–Trinajstić information content (AvgIpc) is 2.05. The number of piperidine rings is 2. The van der Waals surface area contributed by atoms with Crippen molar-refractivity contribution >= 4 is 0 Å². The van der Waals surface area contributed by atoms with Crippen LogP contribution in [0.4, 0.5) is 0 Å². The van der Waals surface area contributed by atoms with Crippen molar-refractivity contribution in [2.45, 2.75) is 25.8 Å². The Balaban J connectivity index is 1.84. The molecule has 3 aliphatic rings. The van der Waals surface area contributed by atoms with Crippen molar-refractivity contribution in [3.8, 4) is 0 Å². The molecule has 0 aromatic rings. The van der Waals surface area contributed by atoms with Crippen LogP contribution >= 0.6 is 0 Å². The van der Waals surface area contributed by atoms with E-state index < -0.39 is 0 Å². The maximum atomic E-state index is 5.96. The monoisotopic (exact) mass is 154 g/mol. The predicted octanol–water partition coefficient (Wildman–Crippen LogP) is 0.675. The number of nitrogens with zero attached hydrogens (tertiary/aromatic N) is 1. The minimum Gasteiger partial charge on any atom is -0.327 e. The third-order valence-electron chi connectivity index (χ3n) is 3.22. The van der Waals surface area contributed by atoms with Gasteiger partial charge in [-0.1, -0.05) is 6.92 Å². The van der Waals surface area contributed by atoms with E-state index in [0.717, 1.165) is 11.8 Å². The quantitative estimate of drug-likeness (QED) is 0.633. The van der Waals surface area contributed by atoms with Gasteiger partial charge in [0, 0.05) is 19.1 Å². The molecule has 2 nitrogen and oxygen atoms in total. The van der Waals surface area contributed by atoms with Gasteiger partial charge in [0.15, 0.2) is 0 Å². The number of rotatable bonds is 2. The predicted molar refractivity (Wildman–Crippen MR) is 46.3 cm³/mol. The molecule has 2 bridgehead atoms. The van der Waals surface area contributed by atoms with E-state index in [-0.39, 0.29) is 0 Å². The van der Waals surface area contributed by atoms with Crippen LogP contribution in [-0.2, 0) is 0 Å². The molecular formula is C9H18N2. The molecule has 2 atom stereocenters. The fourth-order valence-corrected chi connectivity index (χ4v) is 2.52. The van der Waals surface area contributed by atoms with Crippen molar-refractivity contribution in [3.63, 3.8) is 0 Å². The standard InChI is InChI=1S/C9H18N2/c1-2-3-11-5-7-4-8(6-11)9(7)10/h7-9H,2-6,10H2,1H3/t7-,8-/m0/s1. The molecule has 0 aromatic carbocycles. The van der Waals surface area contributed by atoms with Crippen molar-refractivity contribution in [1.29, 1.82) is 0 Å². The summed E-state index contributed by atoms with van der Waals surface area (Å²) in [5.41, 5.74) is 5.96. The smallest absolute Gasteiger partial charge is 0.0120 e. The zero-order valence-corrected chi connectivity index (χ0v) is 7.29. The number of fused-ring (bicyclic) bond motifs is 2. The molecule has 2 N–H and O–H groups in total. The topological polar surface area (TPSA) is 29.3 Å². The zero-order valence-electron chi connectivity index (χ0n) is 7.29. The minimum atomic E-state index is 0.545. The summed E-state index contributed by atoms with van der Waals surface area (Å²) < 4.78 is 0. The van der Waals surface area contributed by atoms with Gasteiger partial charge in [0.1, 0.15) is 0 Å². The van der Waals surface area contributed by atoms with E-state index in [0.29, 0.717) is 6.04 Å². The molecule has 2 heteroatoms. The Bertz CT molecular complexity index is 134. The van der Waals surface area contributed by atoms with Crippen LogP contribution in [0.3, 0.4) is 0 Å². The molecule has 2 saturated heterocycles. The number of hydrogen-bond donors (Lipinski definition) is 1. The third kappa shape index (κ3) is 1.18. The lowest BCUT2D eigenvalue weighted by Gasteiger charge is -2.52. The van der Waals surface area contributed by atoms with Gasteiger partial charge in [0.25, 0.3) is 0 Å². The average molecular weight is 154 g/mol. The van der Waals surface area contributed by atoms with Gasteiger partial charge in [0.05, 0.1) is 0 Å². The Morgan fingerprint density at radius 2 is 2.00 bits per heavy atom. The molecule has 0 unspecified atom stereocenters. The highest BCUT2D eigenvalue weighted by atomic mass is 15.2. The van der Waals surface area contributed by atoms with Crippen LogP contribution in [0.2, 0.25) is 0 Å². The van der Waals surface area contributed by atoms with E-state index in [9.17, 15) is 0 Å². The van der Waals surface area contributed by atoms with Crippen LogP contribution in [0.1, 0.15) is 19.8 Å². The molecule has 0 amide bonds. The molecule has 3 fully saturated rings. The van der Waals surface area contributed by atoms with Gasteiger partial charge in [-0.15, -0.1) is 0 Å². The lowest BCUT2D eigenvalue weighted by molar-refractivity contribution is 0.00309. The van der Waals surface area contributed by atoms with Gasteiger partial charge < -0.3 is 10.6 Å². The minimum absolute atomic E-state index is 0.545. The van der Waals surface area contributed by atoms with Gasteiger partial charge >= 0.3 is 0 Å². The van der Waals surface area contributed by atoms with E-state index in [1.54, 1.807) is 0 Å². The molecule has 11 heavy (non-hydrogen) atoms. The summed E-state index contributed by atoms with van der Waals surface area (Å²) in [5.74, 6) is 1.67. The number of nitrogens with two attached hydrogens (primary N) is 1. The molecule has 0 spiro atoms. The molecule has 0 aromatic heterocycles. The van der Waals surface area contributed by atoms with Gasteiger partial charge in [-0.2, -0.15) is 0 Å². The molecule has 2 aliphatic heterocycles. The second kappa shape index (κ2) is 2.76. The molecule has 0 radical (unpaired) electrons. The molecule has 64 valence electrons. The summed E-state index contributed by atoms with van der Waals surface area (Å²) in [6.07, 6.45) is 2.69. The first kappa shape index (κ1) is 7.56. The highest BCUT2D eigenvalue weighted by Gasteiger charge is 2.43. The lowest BCUT2D eigenvalue weighted by Crippen LogP contribution is -2.61. The van der Waals surface area contributed by atoms with E-state index in [1.165, 1.54) is 32.5 Å². The van der Waals surface area contributed by atoms with Crippen LogP contribution in [0.5, 0.6) is 0 Å². The largest absolute Gasteiger partial charge is 0.327 e. The van der Waals surface area contributed by atoms with Crippen molar-refractivity contribution < 1.29 is 0 Å². The first-order chi connectivity index (χ1) is 5.31. The van der Waals surface area contributed by atoms with Crippen LogP contribution in [0.25, 0.3) is 0 Å². The summed E-state index contributed by atoms with van der Waals surface area (Å²) >= 11 is 0. The summed E-state index contributed by atoms with van der Waals surface area (Å²) in [5, 5.41) is 0. The summed E-state index contributed by atoms with van der Waals surface area (Å²) in [6, 6.07) is 0.545. The van der Waals surface area contributed by atoms with Gasteiger partial charge in [0.2, 0.25) is 0 Å². The zero-order chi connectivity index (χ0) is 7.84. The van der Waals surface area contributed by atoms with E-state index >= 15 is 0 Å². The third-order valence-corrected chi connectivity index (χ3v) is 3.22. The maximum absolute atomic E-state index is 5.96. The summed E-state index contributed by atoms with van der Waals surface area (Å²) in [6.45, 7) is 6.07. The lowest BCUT2D eigenvalue weighted by atomic mass is 9.67. The normalized spacial score (nSPS) is 43.6. The van der Waals surface area contributed by atoms with Gasteiger partial charge in [-0.3, -0.25) is 0 Å². The van der Waals surface area contributed by atoms with E-state index in [2.05, 4.69) is 11.8 Å². The molecule has 3 rings (SSSR count). The van der Waals surface area contributed by atoms with E-state index in [4.69, 9.17) is 5.73 Å². The summed E-state index contributed by atoms with van der Waals surface area (Å²) in [4.78, 5) is 2.57. The van der Waals surface area contributed by atoms with Crippen LogP contribution < -0.4 is 5.73 Å². The van der Waals surface area contributed by atoms with Crippen LogP contribution in [-0.4, -0.2) is 30.6 Å². The van der Waals surface area contributed by atoms with Crippen molar-refractivity contribution in [3.05, 3.63) is 0 Å². The maximum Gasteiger partial charge on any atom is 0.0120 e. The Labute approximate surface area is 68.7 Å². The molecule has 1 saturated carbocycles. The Morgan fingerprint density at radius 3 is 2.45 bits per heavy atom. The second-order valence-electron chi connectivity index (χ2n) is 4.09. The molecule has 2 heterocycles. The second-order valence-corrected chi connectivity index (χ2v) is 4.09.